The van der Waals surface area contributed by atoms with Gasteiger partial charge in [0.2, 0.25) is 5.88 Å². The minimum atomic E-state index is -4.67. The van der Waals surface area contributed by atoms with E-state index in [1.165, 1.54) is 5.56 Å². The summed E-state index contributed by atoms with van der Waals surface area (Å²) in [5.74, 6) is 0.700. The Hall–Kier alpha value is -6.02. The van der Waals surface area contributed by atoms with E-state index in [4.69, 9.17) is 19.2 Å². The van der Waals surface area contributed by atoms with Crippen molar-refractivity contribution in [1.29, 1.82) is 0 Å². The van der Waals surface area contributed by atoms with Crippen molar-refractivity contribution in [3.63, 3.8) is 0 Å². The number of hydrogen-bond donors (Lipinski definition) is 3. The highest BCUT2D eigenvalue weighted by molar-refractivity contribution is 7.90. The predicted octanol–water partition coefficient (Wildman–Crippen LogP) is 6.88. The zero-order chi connectivity index (χ0) is 47.2. The number of hydrogen-bond acceptors (Lipinski definition) is 15. The zero-order valence-electron chi connectivity index (χ0n) is 38.9. The average Bonchev–Trinajstić information content (AvgIpc) is 3.79. The molecule has 0 bridgehead atoms. The number of nitro groups is 1. The normalized spacial score (nSPS) is 20.5. The number of pyridine rings is 2. The van der Waals surface area contributed by atoms with Gasteiger partial charge >= 0.3 is 0 Å². The third kappa shape index (κ3) is 9.28. The SMILES string of the molecule is CC(C)Oc1ccccc1[C@@H]1CN(C)CCN1C1CC2(CCN(c3ccc(C(=O)NS(=O)(=O)c4cc([N+](=O)[O-])c(NCC5CCOCC5)cn4)c(N4CCOc5nc6[nH]ccc6cc54)c3)CC2)C1. The van der Waals surface area contributed by atoms with Crippen LogP contribution in [0, 0.1) is 21.4 Å². The second kappa shape index (κ2) is 18.8. The lowest BCUT2D eigenvalue weighted by molar-refractivity contribution is -0.384. The van der Waals surface area contributed by atoms with Crippen LogP contribution in [0.2, 0.25) is 0 Å². The fraction of sp³-hybridized carbons (Fsp3) is 0.490. The number of sulfonamides is 1. The molecule has 3 N–H and O–H groups in total. The Bertz CT molecular complexity index is 2780. The van der Waals surface area contributed by atoms with Gasteiger partial charge in [0.1, 0.15) is 29.4 Å². The molecule has 4 aliphatic heterocycles. The van der Waals surface area contributed by atoms with Crippen LogP contribution in [0.4, 0.5) is 28.4 Å². The van der Waals surface area contributed by atoms with Gasteiger partial charge in [-0.15, -0.1) is 0 Å². The zero-order valence-corrected chi connectivity index (χ0v) is 39.7. The van der Waals surface area contributed by atoms with E-state index in [0.717, 1.165) is 100 Å². The fourth-order valence-electron chi connectivity index (χ4n) is 10.9. The van der Waals surface area contributed by atoms with E-state index in [1.807, 2.05) is 29.2 Å². The van der Waals surface area contributed by atoms with Gasteiger partial charge in [0.25, 0.3) is 21.6 Å². The molecular weight excluding hydrogens is 889 g/mol. The molecule has 7 heterocycles. The van der Waals surface area contributed by atoms with Crippen LogP contribution in [0.5, 0.6) is 11.6 Å². The molecule has 5 aromatic rings. The van der Waals surface area contributed by atoms with E-state index in [0.29, 0.717) is 55.2 Å². The number of likely N-dealkylation sites (N-methyl/N-ethyl adjacent to an activating group) is 1. The number of para-hydroxylation sites is 1. The van der Waals surface area contributed by atoms with Crippen LogP contribution in [0.25, 0.3) is 11.0 Å². The number of nitrogens with one attached hydrogen (secondary N) is 3. The van der Waals surface area contributed by atoms with E-state index in [2.05, 4.69) is 79.9 Å². The number of ether oxygens (including phenoxy) is 3. The molecule has 1 amide bonds. The number of carbonyl (C=O) groups is 1. The topological polar surface area (TPSA) is 201 Å². The number of nitrogens with zero attached hydrogens (tertiary/aromatic N) is 7. The molecule has 0 unspecified atom stereocenters. The van der Waals surface area contributed by atoms with E-state index in [1.54, 1.807) is 12.3 Å². The molecule has 10 rings (SSSR count). The Balaban J connectivity index is 0.882. The van der Waals surface area contributed by atoms with Crippen molar-refractivity contribution >= 4 is 55.4 Å². The van der Waals surface area contributed by atoms with Gasteiger partial charge in [0.15, 0.2) is 5.03 Å². The molecule has 4 fully saturated rings. The highest BCUT2D eigenvalue weighted by atomic mass is 32.2. The van der Waals surface area contributed by atoms with Crippen LogP contribution < -0.4 is 29.3 Å². The van der Waals surface area contributed by atoms with Gasteiger partial charge in [-0.1, -0.05) is 18.2 Å². The number of piperidine rings is 1. The molecule has 1 aliphatic carbocycles. The van der Waals surface area contributed by atoms with E-state index < -0.39 is 31.6 Å². The predicted molar refractivity (Wildman–Crippen MR) is 259 cm³/mol. The Morgan fingerprint density at radius 2 is 1.79 bits per heavy atom. The number of carbonyl (C=O) groups excluding carboxylic acids is 1. The minimum absolute atomic E-state index is 0.0933. The summed E-state index contributed by atoms with van der Waals surface area (Å²) < 4.78 is 47.7. The van der Waals surface area contributed by atoms with Crippen molar-refractivity contribution < 1.29 is 32.3 Å². The lowest BCUT2D eigenvalue weighted by Crippen LogP contribution is -2.59. The quantitative estimate of drug-likeness (QED) is 0.0815. The molecule has 3 aromatic heterocycles. The number of aromatic amines is 1. The molecule has 2 aromatic carbocycles. The maximum atomic E-state index is 14.3. The Labute approximate surface area is 396 Å². The van der Waals surface area contributed by atoms with Gasteiger partial charge in [-0.25, -0.2) is 9.71 Å². The van der Waals surface area contributed by atoms with Crippen molar-refractivity contribution in [2.75, 3.05) is 87.8 Å². The summed E-state index contributed by atoms with van der Waals surface area (Å²) in [6.45, 7) is 11.1. The summed E-state index contributed by atoms with van der Waals surface area (Å²) in [5.41, 5.74) is 3.93. The van der Waals surface area contributed by atoms with Crippen LogP contribution in [-0.4, -0.2) is 129 Å². The Kier molecular flexibility index (Phi) is 12.7. The molecule has 18 nitrogen and oxygen atoms in total. The fourth-order valence-corrected chi connectivity index (χ4v) is 11.8. The number of benzene rings is 2. The van der Waals surface area contributed by atoms with Crippen LogP contribution in [0.1, 0.15) is 74.3 Å². The summed E-state index contributed by atoms with van der Waals surface area (Å²) in [5, 5.41) is 15.5. The number of amides is 1. The molecule has 19 heteroatoms. The third-order valence-electron chi connectivity index (χ3n) is 14.6. The molecule has 1 saturated carbocycles. The number of piperazine rings is 1. The Morgan fingerprint density at radius 3 is 2.57 bits per heavy atom. The van der Waals surface area contributed by atoms with Crippen LogP contribution >= 0.6 is 0 Å². The maximum Gasteiger partial charge on any atom is 0.296 e. The lowest BCUT2D eigenvalue weighted by Gasteiger charge is -2.58. The minimum Gasteiger partial charge on any atom is -0.491 e. The maximum absolute atomic E-state index is 14.3. The van der Waals surface area contributed by atoms with E-state index >= 15 is 0 Å². The van der Waals surface area contributed by atoms with Gasteiger partial charge in [-0.3, -0.25) is 19.8 Å². The van der Waals surface area contributed by atoms with Crippen molar-refractivity contribution in [2.45, 2.75) is 75.6 Å². The number of rotatable bonds is 13. The highest BCUT2D eigenvalue weighted by Crippen LogP contribution is 2.53. The molecule has 360 valence electrons. The summed E-state index contributed by atoms with van der Waals surface area (Å²) >= 11 is 0. The molecule has 3 saturated heterocycles. The van der Waals surface area contributed by atoms with Gasteiger partial charge in [0, 0.05) is 81.4 Å². The summed E-state index contributed by atoms with van der Waals surface area (Å²) in [6.07, 6.45) is 8.99. The van der Waals surface area contributed by atoms with E-state index in [9.17, 15) is 23.3 Å². The molecule has 1 atom stereocenters. The largest absolute Gasteiger partial charge is 0.491 e. The first-order chi connectivity index (χ1) is 32.8. The second-order valence-electron chi connectivity index (χ2n) is 19.4. The van der Waals surface area contributed by atoms with Crippen LogP contribution in [0.3, 0.4) is 0 Å². The summed E-state index contributed by atoms with van der Waals surface area (Å²) in [4.78, 5) is 47.2. The van der Waals surface area contributed by atoms with Gasteiger partial charge in [-0.05, 0) is 107 Å². The molecule has 68 heavy (non-hydrogen) atoms. The smallest absolute Gasteiger partial charge is 0.296 e. The molecule has 1 spiro atoms. The second-order valence-corrected chi connectivity index (χ2v) is 21.0. The van der Waals surface area contributed by atoms with Gasteiger partial charge in [0.05, 0.1) is 47.1 Å². The van der Waals surface area contributed by atoms with Gasteiger partial charge < -0.3 is 39.2 Å². The number of H-pyrrole nitrogens is 1. The first-order valence-corrected chi connectivity index (χ1v) is 25.3. The van der Waals surface area contributed by atoms with Crippen molar-refractivity contribution in [3.05, 3.63) is 94.3 Å². The monoisotopic (exact) mass is 948 g/mol. The lowest BCUT2D eigenvalue weighted by atomic mass is 9.59. The molecule has 5 aliphatic rings. The summed E-state index contributed by atoms with van der Waals surface area (Å²) in [6, 6.07) is 19.5. The third-order valence-corrected chi connectivity index (χ3v) is 15.8. The van der Waals surface area contributed by atoms with Crippen LogP contribution in [0.15, 0.2) is 78.1 Å². The standard InChI is InChI=1S/C49H60N10O8S/c1-32(2)67-44-7-5-4-6-37(44)43-31-55(3)18-19-57(43)36-27-49(28-36)13-16-56(17-14-49)35-8-9-38(40(25-35)58-20-23-66-48-42(58)24-34-10-15-50-46(34)53-48)47(60)54-68(63,64)45-26-41(59(61)62)39(30-52-45)51-29-33-11-21-65-22-12-33/h4-10,15,24-26,30,32-33,36,43,51H,11-14,16-23,27-29,31H2,1-3H3,(H,50,53)(H,54,60)/t43-/m0/s1. The average molecular weight is 949 g/mol. The Morgan fingerprint density at radius 1 is 1.00 bits per heavy atom. The van der Waals surface area contributed by atoms with Crippen molar-refractivity contribution in [3.8, 4) is 11.6 Å². The first kappa shape index (κ1) is 45.7. The number of aromatic nitrogens is 3. The molecule has 0 radical (unpaired) electrons. The first-order valence-electron chi connectivity index (χ1n) is 23.8. The number of fused-ring (bicyclic) bond motifs is 2. The number of anilines is 4. The van der Waals surface area contributed by atoms with Crippen molar-refractivity contribution in [2.24, 2.45) is 11.3 Å². The van der Waals surface area contributed by atoms with Gasteiger partial charge in [-0.2, -0.15) is 13.4 Å². The molecular formula is C49H60N10O8S. The van der Waals surface area contributed by atoms with Crippen LogP contribution in [-0.2, 0) is 14.8 Å². The summed E-state index contributed by atoms with van der Waals surface area (Å²) in [7, 11) is -2.46. The van der Waals surface area contributed by atoms with Crippen molar-refractivity contribution in [1.82, 2.24) is 29.5 Å². The highest BCUT2D eigenvalue weighted by Gasteiger charge is 2.50. The van der Waals surface area contributed by atoms with E-state index in [-0.39, 0.29) is 41.3 Å².